The lowest BCUT2D eigenvalue weighted by Gasteiger charge is -2.21. The number of nitrogens with zero attached hydrogens (tertiary/aromatic N) is 1. The number of rotatable bonds is 3. The highest BCUT2D eigenvalue weighted by Crippen LogP contribution is 2.13. The van der Waals surface area contributed by atoms with Gasteiger partial charge in [-0.3, -0.25) is 4.79 Å². The van der Waals surface area contributed by atoms with E-state index in [0.29, 0.717) is 5.69 Å². The predicted molar refractivity (Wildman–Crippen MR) is 74.0 cm³/mol. The number of alkyl carbamates (subject to hydrolysis) is 1. The lowest BCUT2D eigenvalue weighted by atomic mass is 10.2. The molecule has 1 N–H and O–H groups in total. The van der Waals surface area contributed by atoms with Crippen LogP contribution in [0.2, 0.25) is 0 Å². The van der Waals surface area contributed by atoms with Crippen molar-refractivity contribution in [2.24, 2.45) is 0 Å². The van der Waals surface area contributed by atoms with Crippen LogP contribution in [-0.4, -0.2) is 31.2 Å². The average molecular weight is 282 g/mol. The minimum atomic E-state index is -0.654. The van der Waals surface area contributed by atoms with Crippen LogP contribution in [0.15, 0.2) is 24.3 Å². The molecule has 0 unspecified atom stereocenters. The number of hydrogen-bond acceptors (Lipinski definition) is 3. The molecule has 0 bridgehead atoms. The standard InChI is InChI=1S/C14H19FN2O3/c1-14(2,3)20-13(19)16-9-12(18)17(4)11-7-5-10(15)6-8-11/h5-8H,9H2,1-4H3,(H,16,19). The molecule has 1 aromatic carbocycles. The Labute approximate surface area is 117 Å². The highest BCUT2D eigenvalue weighted by Gasteiger charge is 2.18. The van der Waals surface area contributed by atoms with E-state index in [-0.39, 0.29) is 18.3 Å². The number of halogens is 1. The van der Waals surface area contributed by atoms with Crippen LogP contribution >= 0.6 is 0 Å². The van der Waals surface area contributed by atoms with Gasteiger partial charge >= 0.3 is 6.09 Å². The molecule has 0 aliphatic rings. The maximum Gasteiger partial charge on any atom is 0.408 e. The first-order chi connectivity index (χ1) is 9.19. The van der Waals surface area contributed by atoms with Gasteiger partial charge in [0.25, 0.3) is 0 Å². The first kappa shape index (κ1) is 15.9. The van der Waals surface area contributed by atoms with Gasteiger partial charge in [0.2, 0.25) is 5.91 Å². The van der Waals surface area contributed by atoms with Gasteiger partial charge in [0.05, 0.1) is 0 Å². The Bertz CT molecular complexity index is 480. The quantitative estimate of drug-likeness (QED) is 0.925. The van der Waals surface area contributed by atoms with Crippen molar-refractivity contribution in [3.63, 3.8) is 0 Å². The summed E-state index contributed by atoms with van der Waals surface area (Å²) >= 11 is 0. The number of carbonyl (C=O) groups is 2. The predicted octanol–water partition coefficient (Wildman–Crippen LogP) is 2.31. The number of likely N-dealkylation sites (N-methyl/N-ethyl adjacent to an activating group) is 1. The summed E-state index contributed by atoms with van der Waals surface area (Å²) in [6, 6.07) is 5.50. The van der Waals surface area contributed by atoms with E-state index in [4.69, 9.17) is 4.74 Å². The fraction of sp³-hybridized carbons (Fsp3) is 0.429. The molecule has 1 aromatic rings. The van der Waals surface area contributed by atoms with Crippen LogP contribution in [0.4, 0.5) is 14.9 Å². The molecule has 2 amide bonds. The Balaban J connectivity index is 2.50. The van der Waals surface area contributed by atoms with Crippen LogP contribution < -0.4 is 10.2 Å². The van der Waals surface area contributed by atoms with E-state index >= 15 is 0 Å². The van der Waals surface area contributed by atoms with Crippen LogP contribution in [0.1, 0.15) is 20.8 Å². The molecule has 0 spiro atoms. The molecule has 6 heteroatoms. The van der Waals surface area contributed by atoms with Gasteiger partial charge in [0.15, 0.2) is 0 Å². The smallest absolute Gasteiger partial charge is 0.408 e. The van der Waals surface area contributed by atoms with Crippen molar-refractivity contribution < 1.29 is 18.7 Å². The molecule has 5 nitrogen and oxygen atoms in total. The van der Waals surface area contributed by atoms with E-state index in [0.717, 1.165) is 0 Å². The molecule has 0 aliphatic carbocycles. The summed E-state index contributed by atoms with van der Waals surface area (Å²) in [6.07, 6.45) is -0.654. The molecular weight excluding hydrogens is 263 g/mol. The van der Waals surface area contributed by atoms with Crippen molar-refractivity contribution in [3.8, 4) is 0 Å². The van der Waals surface area contributed by atoms with E-state index in [9.17, 15) is 14.0 Å². The number of nitrogens with one attached hydrogen (secondary N) is 1. The molecule has 0 aromatic heterocycles. The fourth-order valence-corrected chi connectivity index (χ4v) is 1.39. The molecule has 1 rings (SSSR count). The SMILES string of the molecule is CN(C(=O)CNC(=O)OC(C)(C)C)c1ccc(F)cc1. The van der Waals surface area contributed by atoms with Crippen molar-refractivity contribution >= 4 is 17.7 Å². The fourth-order valence-electron chi connectivity index (χ4n) is 1.39. The zero-order valence-corrected chi connectivity index (χ0v) is 12.1. The summed E-state index contributed by atoms with van der Waals surface area (Å²) in [4.78, 5) is 24.6. The van der Waals surface area contributed by atoms with Gasteiger partial charge in [0, 0.05) is 12.7 Å². The molecule has 0 radical (unpaired) electrons. The first-order valence-electron chi connectivity index (χ1n) is 6.18. The summed E-state index contributed by atoms with van der Waals surface area (Å²) in [6.45, 7) is 5.01. The normalized spacial score (nSPS) is 10.8. The van der Waals surface area contributed by atoms with Gasteiger partial charge < -0.3 is 15.0 Å². The Morgan fingerprint density at radius 1 is 1.25 bits per heavy atom. The summed E-state index contributed by atoms with van der Waals surface area (Å²) in [5.74, 6) is -0.705. The minimum Gasteiger partial charge on any atom is -0.444 e. The number of carbonyl (C=O) groups excluding carboxylic acids is 2. The molecule has 0 heterocycles. The summed E-state index contributed by atoms with van der Waals surface area (Å²) < 4.78 is 17.8. The second-order valence-electron chi connectivity index (χ2n) is 5.28. The molecule has 0 fully saturated rings. The van der Waals surface area contributed by atoms with Gasteiger partial charge in [-0.1, -0.05) is 0 Å². The summed E-state index contributed by atoms with van der Waals surface area (Å²) in [5.41, 5.74) is -0.0712. The molecule has 0 atom stereocenters. The van der Waals surface area contributed by atoms with Crippen molar-refractivity contribution in [2.45, 2.75) is 26.4 Å². The number of benzene rings is 1. The third kappa shape index (κ3) is 5.26. The van der Waals surface area contributed by atoms with Gasteiger partial charge in [-0.05, 0) is 45.0 Å². The van der Waals surface area contributed by atoms with Crippen LogP contribution in [0.3, 0.4) is 0 Å². The van der Waals surface area contributed by atoms with E-state index in [2.05, 4.69) is 5.32 Å². The largest absolute Gasteiger partial charge is 0.444 e. The Hall–Kier alpha value is -2.11. The maximum atomic E-state index is 12.8. The van der Waals surface area contributed by atoms with Crippen LogP contribution in [0.25, 0.3) is 0 Å². The van der Waals surface area contributed by atoms with Crippen molar-refractivity contribution in [1.29, 1.82) is 0 Å². The van der Waals surface area contributed by atoms with Gasteiger partial charge in [-0.25, -0.2) is 9.18 Å². The second kappa shape index (κ2) is 6.36. The second-order valence-corrected chi connectivity index (χ2v) is 5.28. The lowest BCUT2D eigenvalue weighted by Crippen LogP contribution is -2.40. The third-order valence-corrected chi connectivity index (χ3v) is 2.37. The van der Waals surface area contributed by atoms with Gasteiger partial charge in [-0.15, -0.1) is 0 Å². The lowest BCUT2D eigenvalue weighted by molar-refractivity contribution is -0.117. The van der Waals surface area contributed by atoms with Crippen molar-refractivity contribution in [2.75, 3.05) is 18.5 Å². The average Bonchev–Trinajstić information content (AvgIpc) is 2.34. The van der Waals surface area contributed by atoms with Crippen molar-refractivity contribution in [3.05, 3.63) is 30.1 Å². The molecule has 0 aliphatic heterocycles. The van der Waals surface area contributed by atoms with Crippen LogP contribution in [-0.2, 0) is 9.53 Å². The Morgan fingerprint density at radius 2 is 1.80 bits per heavy atom. The molecule has 0 saturated heterocycles. The molecule has 20 heavy (non-hydrogen) atoms. The topological polar surface area (TPSA) is 58.6 Å². The zero-order chi connectivity index (χ0) is 15.3. The number of hydrogen-bond donors (Lipinski definition) is 1. The molecule has 110 valence electrons. The van der Waals surface area contributed by atoms with E-state index in [1.54, 1.807) is 27.8 Å². The minimum absolute atomic E-state index is 0.192. The monoisotopic (exact) mass is 282 g/mol. The highest BCUT2D eigenvalue weighted by atomic mass is 19.1. The number of amides is 2. The van der Waals surface area contributed by atoms with E-state index in [1.807, 2.05) is 0 Å². The Kier molecular flexibility index (Phi) is 5.07. The van der Waals surface area contributed by atoms with Crippen LogP contribution in [0, 0.1) is 5.82 Å². The van der Waals surface area contributed by atoms with Gasteiger partial charge in [-0.2, -0.15) is 0 Å². The third-order valence-electron chi connectivity index (χ3n) is 2.37. The van der Waals surface area contributed by atoms with Crippen LogP contribution in [0.5, 0.6) is 0 Å². The first-order valence-corrected chi connectivity index (χ1v) is 6.18. The highest BCUT2D eigenvalue weighted by molar-refractivity contribution is 5.95. The van der Waals surface area contributed by atoms with Gasteiger partial charge in [0.1, 0.15) is 18.0 Å². The van der Waals surface area contributed by atoms with E-state index in [1.165, 1.54) is 29.2 Å². The summed E-state index contributed by atoms with van der Waals surface area (Å²) in [7, 11) is 1.55. The summed E-state index contributed by atoms with van der Waals surface area (Å²) in [5, 5.41) is 2.37. The molecular formula is C14H19FN2O3. The van der Waals surface area contributed by atoms with E-state index < -0.39 is 11.7 Å². The van der Waals surface area contributed by atoms with Crippen molar-refractivity contribution in [1.82, 2.24) is 5.32 Å². The number of ether oxygens (including phenoxy) is 1. The Morgan fingerprint density at radius 3 is 2.30 bits per heavy atom. The molecule has 0 saturated carbocycles. The maximum absolute atomic E-state index is 12.8. The number of anilines is 1. The zero-order valence-electron chi connectivity index (χ0n) is 12.1.